The molecule has 13 heavy (non-hydrogen) atoms. The van der Waals surface area contributed by atoms with Gasteiger partial charge in [0.1, 0.15) is 0 Å². The lowest BCUT2D eigenvalue weighted by molar-refractivity contribution is -0.145. The van der Waals surface area contributed by atoms with Gasteiger partial charge in [-0.1, -0.05) is 5.21 Å². The Balaban J connectivity index is 2.37. The van der Waals surface area contributed by atoms with Gasteiger partial charge in [-0.2, -0.15) is 0 Å². The molecule has 0 unspecified atom stereocenters. The van der Waals surface area contributed by atoms with Crippen LogP contribution in [0.25, 0.3) is 0 Å². The van der Waals surface area contributed by atoms with E-state index in [1.54, 1.807) is 17.1 Å². The fourth-order valence-electron chi connectivity index (χ4n) is 1.01. The van der Waals surface area contributed by atoms with Gasteiger partial charge in [-0.25, -0.2) is 4.68 Å². The van der Waals surface area contributed by atoms with E-state index in [0.717, 1.165) is 0 Å². The van der Waals surface area contributed by atoms with E-state index in [1.165, 1.54) is 0 Å². The lowest BCUT2D eigenvalue weighted by Crippen LogP contribution is -2.24. The molecule has 0 amide bonds. The maximum Gasteiger partial charge on any atom is 0.176 e. The van der Waals surface area contributed by atoms with E-state index in [2.05, 4.69) is 10.3 Å². The van der Waals surface area contributed by atoms with E-state index in [-0.39, 0.29) is 6.29 Å². The smallest absolute Gasteiger partial charge is 0.176 e. The Morgan fingerprint density at radius 3 is 2.46 bits per heavy atom. The number of aromatic nitrogens is 3. The summed E-state index contributed by atoms with van der Waals surface area (Å²) in [6.45, 7) is 5.74. The van der Waals surface area contributed by atoms with Crippen LogP contribution in [0.4, 0.5) is 0 Å². The van der Waals surface area contributed by atoms with E-state index in [0.29, 0.717) is 19.8 Å². The maximum atomic E-state index is 5.34. The average Bonchev–Trinajstić information content (AvgIpc) is 2.58. The first kappa shape index (κ1) is 10.1. The minimum Gasteiger partial charge on any atom is -0.351 e. The fraction of sp³-hybridized carbons (Fsp3) is 0.750. The number of ether oxygens (including phenoxy) is 2. The molecule has 0 saturated heterocycles. The third-order valence-corrected chi connectivity index (χ3v) is 1.51. The van der Waals surface area contributed by atoms with Gasteiger partial charge in [0, 0.05) is 19.4 Å². The summed E-state index contributed by atoms with van der Waals surface area (Å²) in [4.78, 5) is 0. The van der Waals surface area contributed by atoms with Crippen molar-refractivity contribution in [1.29, 1.82) is 0 Å². The Morgan fingerprint density at radius 1 is 1.31 bits per heavy atom. The number of hydrogen-bond acceptors (Lipinski definition) is 4. The minimum atomic E-state index is -0.225. The summed E-state index contributed by atoms with van der Waals surface area (Å²) in [6.07, 6.45) is 3.19. The largest absolute Gasteiger partial charge is 0.351 e. The van der Waals surface area contributed by atoms with Crippen molar-refractivity contribution in [1.82, 2.24) is 15.0 Å². The Hall–Kier alpha value is -0.940. The minimum absolute atomic E-state index is 0.225. The standard InChI is InChI=1S/C8H15N3O2/c1-3-12-8(13-4-2)7-11-6-5-9-10-11/h5-6,8H,3-4,7H2,1-2H3. The summed E-state index contributed by atoms with van der Waals surface area (Å²) in [5, 5.41) is 7.52. The first-order chi connectivity index (χ1) is 6.36. The van der Waals surface area contributed by atoms with E-state index in [9.17, 15) is 0 Å². The zero-order chi connectivity index (χ0) is 9.52. The van der Waals surface area contributed by atoms with E-state index < -0.39 is 0 Å². The zero-order valence-corrected chi connectivity index (χ0v) is 8.01. The first-order valence-electron chi connectivity index (χ1n) is 4.44. The van der Waals surface area contributed by atoms with Gasteiger partial charge in [0.15, 0.2) is 6.29 Å². The topological polar surface area (TPSA) is 49.2 Å². The fourth-order valence-corrected chi connectivity index (χ4v) is 1.01. The molecule has 74 valence electrons. The van der Waals surface area contributed by atoms with Crippen LogP contribution >= 0.6 is 0 Å². The van der Waals surface area contributed by atoms with Crippen LogP contribution in [0, 0.1) is 0 Å². The molecule has 5 nitrogen and oxygen atoms in total. The molecule has 1 rings (SSSR count). The van der Waals surface area contributed by atoms with Crippen LogP contribution in [0.2, 0.25) is 0 Å². The highest BCUT2D eigenvalue weighted by Gasteiger charge is 2.08. The van der Waals surface area contributed by atoms with Crippen LogP contribution in [-0.2, 0) is 16.0 Å². The predicted molar refractivity (Wildman–Crippen MR) is 47.1 cm³/mol. The van der Waals surface area contributed by atoms with Gasteiger partial charge in [-0.05, 0) is 13.8 Å². The average molecular weight is 185 g/mol. The van der Waals surface area contributed by atoms with Crippen molar-refractivity contribution in [3.63, 3.8) is 0 Å². The third-order valence-electron chi connectivity index (χ3n) is 1.51. The van der Waals surface area contributed by atoms with Gasteiger partial charge in [0.05, 0.1) is 12.7 Å². The quantitative estimate of drug-likeness (QED) is 0.611. The second-order valence-electron chi connectivity index (χ2n) is 2.47. The molecule has 0 aromatic carbocycles. The van der Waals surface area contributed by atoms with Crippen molar-refractivity contribution in [3.8, 4) is 0 Å². The molecule has 1 aromatic heterocycles. The van der Waals surface area contributed by atoms with Crippen LogP contribution in [0.3, 0.4) is 0 Å². The summed E-state index contributed by atoms with van der Waals surface area (Å²) < 4.78 is 12.4. The SMILES string of the molecule is CCOC(Cn1ccnn1)OCC. The first-order valence-corrected chi connectivity index (χ1v) is 4.44. The number of rotatable bonds is 6. The van der Waals surface area contributed by atoms with Crippen molar-refractivity contribution in [2.75, 3.05) is 13.2 Å². The monoisotopic (exact) mass is 185 g/mol. The Bertz CT molecular complexity index is 207. The van der Waals surface area contributed by atoms with Gasteiger partial charge in [0.2, 0.25) is 0 Å². The zero-order valence-electron chi connectivity index (χ0n) is 8.01. The maximum absolute atomic E-state index is 5.34. The van der Waals surface area contributed by atoms with Crippen molar-refractivity contribution >= 4 is 0 Å². The Kier molecular flexibility index (Phi) is 4.42. The highest BCUT2D eigenvalue weighted by Crippen LogP contribution is 1.98. The lowest BCUT2D eigenvalue weighted by atomic mass is 10.6. The highest BCUT2D eigenvalue weighted by molar-refractivity contribution is 4.64. The molecule has 0 aliphatic carbocycles. The molecule has 0 radical (unpaired) electrons. The van der Waals surface area contributed by atoms with E-state index in [1.807, 2.05) is 13.8 Å². The molecule has 0 atom stereocenters. The Morgan fingerprint density at radius 2 is 2.00 bits per heavy atom. The Labute approximate surface area is 77.6 Å². The highest BCUT2D eigenvalue weighted by atomic mass is 16.7. The van der Waals surface area contributed by atoms with Gasteiger partial charge >= 0.3 is 0 Å². The molecule has 0 aliphatic heterocycles. The summed E-state index contributed by atoms with van der Waals surface area (Å²) >= 11 is 0. The molecule has 0 saturated carbocycles. The number of nitrogens with zero attached hydrogens (tertiary/aromatic N) is 3. The van der Waals surface area contributed by atoms with Gasteiger partial charge in [-0.15, -0.1) is 5.10 Å². The summed E-state index contributed by atoms with van der Waals surface area (Å²) in [5.41, 5.74) is 0. The van der Waals surface area contributed by atoms with Gasteiger partial charge < -0.3 is 9.47 Å². The van der Waals surface area contributed by atoms with Gasteiger partial charge in [0.25, 0.3) is 0 Å². The molecule has 5 heteroatoms. The number of hydrogen-bond donors (Lipinski definition) is 0. The van der Waals surface area contributed by atoms with Crippen LogP contribution in [0.15, 0.2) is 12.4 Å². The van der Waals surface area contributed by atoms with Crippen LogP contribution in [0.5, 0.6) is 0 Å². The van der Waals surface area contributed by atoms with Crippen molar-refractivity contribution < 1.29 is 9.47 Å². The van der Waals surface area contributed by atoms with E-state index in [4.69, 9.17) is 9.47 Å². The lowest BCUT2D eigenvalue weighted by Gasteiger charge is -2.15. The molecule has 0 spiro atoms. The van der Waals surface area contributed by atoms with Crippen LogP contribution in [0.1, 0.15) is 13.8 Å². The molecule has 0 N–H and O–H groups in total. The van der Waals surface area contributed by atoms with Crippen molar-refractivity contribution in [3.05, 3.63) is 12.4 Å². The normalized spacial score (nSPS) is 11.0. The summed E-state index contributed by atoms with van der Waals surface area (Å²) in [7, 11) is 0. The molecule has 1 aromatic rings. The molecular formula is C8H15N3O2. The molecule has 0 fully saturated rings. The van der Waals surface area contributed by atoms with Crippen molar-refractivity contribution in [2.24, 2.45) is 0 Å². The summed E-state index contributed by atoms with van der Waals surface area (Å²) in [6, 6.07) is 0. The summed E-state index contributed by atoms with van der Waals surface area (Å²) in [5.74, 6) is 0. The van der Waals surface area contributed by atoms with Crippen LogP contribution in [-0.4, -0.2) is 34.5 Å². The third kappa shape index (κ3) is 3.52. The molecule has 0 aliphatic rings. The molecular weight excluding hydrogens is 170 g/mol. The predicted octanol–water partition coefficient (Wildman–Crippen LogP) is 0.677. The second-order valence-corrected chi connectivity index (χ2v) is 2.47. The van der Waals surface area contributed by atoms with Gasteiger partial charge in [-0.3, -0.25) is 0 Å². The van der Waals surface area contributed by atoms with Crippen molar-refractivity contribution in [2.45, 2.75) is 26.7 Å². The molecule has 1 heterocycles. The van der Waals surface area contributed by atoms with Crippen LogP contribution < -0.4 is 0 Å². The van der Waals surface area contributed by atoms with E-state index >= 15 is 0 Å². The second kappa shape index (κ2) is 5.66. The molecule has 0 bridgehead atoms.